The van der Waals surface area contributed by atoms with Crippen LogP contribution in [0.2, 0.25) is 0 Å². The lowest BCUT2D eigenvalue weighted by atomic mass is 10.3. The molecule has 94 valence electrons. The third kappa shape index (κ3) is 2.18. The number of halogens is 1. The van der Waals surface area contributed by atoms with Crippen LogP contribution in [0.1, 0.15) is 10.6 Å². The first-order chi connectivity index (χ1) is 9.24. The molecule has 0 bridgehead atoms. The third-order valence-corrected chi connectivity index (χ3v) is 2.63. The van der Waals surface area contributed by atoms with Crippen LogP contribution in [0.15, 0.2) is 53.1 Å². The zero-order valence-electron chi connectivity index (χ0n) is 9.76. The largest absolute Gasteiger partial charge is 0.449 e. The Morgan fingerprint density at radius 3 is 2.84 bits per heavy atom. The van der Waals surface area contributed by atoms with Gasteiger partial charge in [0.2, 0.25) is 0 Å². The molecule has 5 heteroatoms. The van der Waals surface area contributed by atoms with E-state index in [1.54, 1.807) is 30.5 Å². The highest BCUT2D eigenvalue weighted by atomic mass is 19.1. The summed E-state index contributed by atoms with van der Waals surface area (Å²) >= 11 is 0. The van der Waals surface area contributed by atoms with Crippen LogP contribution in [0.4, 0.5) is 10.1 Å². The van der Waals surface area contributed by atoms with Gasteiger partial charge in [0, 0.05) is 12.3 Å². The number of fused-ring (bicyclic) bond motifs is 1. The SMILES string of the molecule is O=C(Nc1ccccc1F)c1cc2ncccc2o1. The van der Waals surface area contributed by atoms with Gasteiger partial charge in [-0.1, -0.05) is 12.1 Å². The number of aromatic nitrogens is 1. The maximum atomic E-state index is 13.4. The Labute approximate surface area is 107 Å². The van der Waals surface area contributed by atoms with Crippen molar-refractivity contribution in [3.8, 4) is 0 Å². The molecule has 1 amide bonds. The number of nitrogens with zero attached hydrogens (tertiary/aromatic N) is 1. The fraction of sp³-hybridized carbons (Fsp3) is 0. The summed E-state index contributed by atoms with van der Waals surface area (Å²) in [6, 6.07) is 10.9. The molecule has 0 unspecified atom stereocenters. The minimum atomic E-state index is -0.511. The van der Waals surface area contributed by atoms with Crippen LogP contribution in [0.3, 0.4) is 0 Å². The summed E-state index contributed by atoms with van der Waals surface area (Å²) in [5.74, 6) is -0.912. The molecule has 0 fully saturated rings. The van der Waals surface area contributed by atoms with E-state index >= 15 is 0 Å². The van der Waals surface area contributed by atoms with Gasteiger partial charge in [0.1, 0.15) is 11.3 Å². The summed E-state index contributed by atoms with van der Waals surface area (Å²) in [5, 5.41) is 2.45. The van der Waals surface area contributed by atoms with E-state index in [2.05, 4.69) is 10.3 Å². The molecule has 0 spiro atoms. The Balaban J connectivity index is 1.90. The van der Waals surface area contributed by atoms with Gasteiger partial charge in [0.15, 0.2) is 11.3 Å². The second kappa shape index (κ2) is 4.53. The summed E-state index contributed by atoms with van der Waals surface area (Å²) in [6.07, 6.45) is 1.61. The molecule has 0 aliphatic carbocycles. The zero-order valence-corrected chi connectivity index (χ0v) is 9.76. The Morgan fingerprint density at radius 1 is 1.21 bits per heavy atom. The van der Waals surface area contributed by atoms with E-state index in [1.807, 2.05) is 0 Å². The van der Waals surface area contributed by atoms with Gasteiger partial charge in [-0.25, -0.2) is 4.39 Å². The molecule has 0 saturated heterocycles. The molecule has 3 rings (SSSR count). The van der Waals surface area contributed by atoms with Crippen molar-refractivity contribution < 1.29 is 13.6 Å². The van der Waals surface area contributed by atoms with Gasteiger partial charge in [0.25, 0.3) is 5.91 Å². The fourth-order valence-corrected chi connectivity index (χ4v) is 1.73. The van der Waals surface area contributed by atoms with E-state index in [4.69, 9.17) is 4.42 Å². The van der Waals surface area contributed by atoms with Crippen molar-refractivity contribution in [3.05, 3.63) is 60.2 Å². The topological polar surface area (TPSA) is 55.1 Å². The van der Waals surface area contributed by atoms with Crippen molar-refractivity contribution in [2.75, 3.05) is 5.32 Å². The number of carbonyl (C=O) groups is 1. The average Bonchev–Trinajstić information content (AvgIpc) is 2.85. The van der Waals surface area contributed by atoms with Crippen molar-refractivity contribution in [2.45, 2.75) is 0 Å². The Morgan fingerprint density at radius 2 is 2.05 bits per heavy atom. The van der Waals surface area contributed by atoms with Gasteiger partial charge in [0.05, 0.1) is 5.69 Å². The predicted molar refractivity (Wildman–Crippen MR) is 68.4 cm³/mol. The van der Waals surface area contributed by atoms with Gasteiger partial charge in [-0.2, -0.15) is 0 Å². The van der Waals surface area contributed by atoms with Crippen LogP contribution in [0.25, 0.3) is 11.1 Å². The summed E-state index contributed by atoms with van der Waals surface area (Å²) < 4.78 is 18.8. The smallest absolute Gasteiger partial charge is 0.291 e. The number of hydrogen-bond acceptors (Lipinski definition) is 3. The second-order valence-corrected chi connectivity index (χ2v) is 3.93. The van der Waals surface area contributed by atoms with E-state index in [1.165, 1.54) is 18.2 Å². The summed E-state index contributed by atoms with van der Waals surface area (Å²) in [5.41, 5.74) is 1.21. The first-order valence-corrected chi connectivity index (χ1v) is 5.64. The zero-order chi connectivity index (χ0) is 13.2. The van der Waals surface area contributed by atoms with Gasteiger partial charge >= 0.3 is 0 Å². The number of nitrogens with one attached hydrogen (secondary N) is 1. The minimum Gasteiger partial charge on any atom is -0.449 e. The summed E-state index contributed by atoms with van der Waals surface area (Å²) in [7, 11) is 0. The third-order valence-electron chi connectivity index (χ3n) is 2.63. The van der Waals surface area contributed by atoms with Gasteiger partial charge in [-0.15, -0.1) is 0 Å². The molecule has 2 aromatic heterocycles. The van der Waals surface area contributed by atoms with Gasteiger partial charge < -0.3 is 9.73 Å². The number of carbonyl (C=O) groups excluding carboxylic acids is 1. The number of para-hydroxylation sites is 1. The van der Waals surface area contributed by atoms with E-state index in [0.717, 1.165) is 0 Å². The molecule has 3 aromatic rings. The quantitative estimate of drug-likeness (QED) is 0.765. The van der Waals surface area contributed by atoms with Crippen molar-refractivity contribution in [1.82, 2.24) is 4.98 Å². The first-order valence-electron chi connectivity index (χ1n) is 5.64. The van der Waals surface area contributed by atoms with E-state index < -0.39 is 11.7 Å². The first kappa shape index (κ1) is 11.4. The molecular weight excluding hydrogens is 247 g/mol. The number of anilines is 1. The lowest BCUT2D eigenvalue weighted by Gasteiger charge is -2.03. The summed E-state index contributed by atoms with van der Waals surface area (Å²) in [4.78, 5) is 16.0. The summed E-state index contributed by atoms with van der Waals surface area (Å²) in [6.45, 7) is 0. The van der Waals surface area contributed by atoms with Crippen molar-refractivity contribution in [2.24, 2.45) is 0 Å². The highest BCUT2D eigenvalue weighted by Crippen LogP contribution is 2.19. The standard InChI is InChI=1S/C14H9FN2O2/c15-9-4-1-2-5-10(9)17-14(18)13-8-11-12(19-13)6-3-7-16-11/h1-8H,(H,17,18). The van der Waals surface area contributed by atoms with Crippen LogP contribution in [-0.4, -0.2) is 10.9 Å². The molecule has 0 atom stereocenters. The minimum absolute atomic E-state index is 0.0944. The van der Waals surface area contributed by atoms with Gasteiger partial charge in [-0.05, 0) is 24.3 Å². The number of amides is 1. The highest BCUT2D eigenvalue weighted by Gasteiger charge is 2.14. The Kier molecular flexibility index (Phi) is 2.72. The van der Waals surface area contributed by atoms with Crippen LogP contribution >= 0.6 is 0 Å². The molecule has 0 saturated carbocycles. The molecule has 0 radical (unpaired) electrons. The Hall–Kier alpha value is -2.69. The number of benzene rings is 1. The number of furan rings is 1. The van der Waals surface area contributed by atoms with Crippen molar-refractivity contribution in [1.29, 1.82) is 0 Å². The van der Waals surface area contributed by atoms with Crippen molar-refractivity contribution in [3.63, 3.8) is 0 Å². The molecule has 1 aromatic carbocycles. The molecule has 1 N–H and O–H groups in total. The van der Waals surface area contributed by atoms with Crippen LogP contribution in [0.5, 0.6) is 0 Å². The maximum Gasteiger partial charge on any atom is 0.291 e. The lowest BCUT2D eigenvalue weighted by molar-refractivity contribution is 0.0998. The second-order valence-electron chi connectivity index (χ2n) is 3.93. The van der Waals surface area contributed by atoms with E-state index in [-0.39, 0.29) is 11.4 Å². The normalized spacial score (nSPS) is 10.6. The number of pyridine rings is 1. The number of rotatable bonds is 2. The van der Waals surface area contributed by atoms with E-state index in [0.29, 0.717) is 11.1 Å². The van der Waals surface area contributed by atoms with Crippen LogP contribution in [0, 0.1) is 5.82 Å². The monoisotopic (exact) mass is 256 g/mol. The van der Waals surface area contributed by atoms with Crippen LogP contribution in [-0.2, 0) is 0 Å². The molecule has 4 nitrogen and oxygen atoms in total. The van der Waals surface area contributed by atoms with E-state index in [9.17, 15) is 9.18 Å². The number of hydrogen-bond donors (Lipinski definition) is 1. The molecule has 0 aliphatic heterocycles. The maximum absolute atomic E-state index is 13.4. The van der Waals surface area contributed by atoms with Crippen molar-refractivity contribution >= 4 is 22.7 Å². The van der Waals surface area contributed by atoms with Gasteiger partial charge in [-0.3, -0.25) is 9.78 Å². The predicted octanol–water partition coefficient (Wildman–Crippen LogP) is 3.22. The average molecular weight is 256 g/mol. The Bertz CT molecular complexity index is 719. The van der Waals surface area contributed by atoms with Crippen LogP contribution < -0.4 is 5.32 Å². The fourth-order valence-electron chi connectivity index (χ4n) is 1.73. The highest BCUT2D eigenvalue weighted by molar-refractivity contribution is 6.04. The lowest BCUT2D eigenvalue weighted by Crippen LogP contribution is -2.11. The molecule has 2 heterocycles. The molecule has 0 aliphatic rings. The molecule has 19 heavy (non-hydrogen) atoms. The molecular formula is C14H9FN2O2.